The van der Waals surface area contributed by atoms with Gasteiger partial charge in [-0.2, -0.15) is 9.78 Å². The Morgan fingerprint density at radius 3 is 2.46 bits per heavy atom. The Morgan fingerprint density at radius 2 is 1.64 bits per heavy atom. The fraction of sp³-hybridized carbons (Fsp3) is 0.0455. The van der Waals surface area contributed by atoms with Gasteiger partial charge in [-0.1, -0.05) is 36.4 Å². The summed E-state index contributed by atoms with van der Waals surface area (Å²) in [5, 5.41) is 8.81. The zero-order chi connectivity index (χ0) is 19.1. The van der Waals surface area contributed by atoms with E-state index in [1.54, 1.807) is 12.1 Å². The van der Waals surface area contributed by atoms with Gasteiger partial charge in [-0.15, -0.1) is 0 Å². The summed E-state index contributed by atoms with van der Waals surface area (Å²) in [4.78, 5) is 24.7. The van der Waals surface area contributed by atoms with Crippen molar-refractivity contribution >= 4 is 22.4 Å². The van der Waals surface area contributed by atoms with Gasteiger partial charge in [0, 0.05) is 10.9 Å². The second-order valence-corrected chi connectivity index (χ2v) is 6.49. The molecule has 4 aromatic rings. The quantitative estimate of drug-likeness (QED) is 0.588. The highest BCUT2D eigenvalue weighted by molar-refractivity contribution is 5.98. The lowest BCUT2D eigenvalue weighted by Crippen LogP contribution is -2.25. The normalized spacial score (nSPS) is 12.9. The van der Waals surface area contributed by atoms with E-state index in [9.17, 15) is 9.59 Å². The minimum Gasteiger partial charge on any atom is -0.482 e. The lowest BCUT2D eigenvalue weighted by Gasteiger charge is -2.19. The van der Waals surface area contributed by atoms with Crippen molar-refractivity contribution in [2.45, 2.75) is 0 Å². The number of hydrogen-bond acceptors (Lipinski definition) is 4. The molecule has 6 heteroatoms. The molecule has 0 aliphatic carbocycles. The third-order valence-corrected chi connectivity index (χ3v) is 4.69. The number of carbonyl (C=O) groups is 1. The van der Waals surface area contributed by atoms with E-state index in [0.29, 0.717) is 28.2 Å². The van der Waals surface area contributed by atoms with E-state index in [0.717, 1.165) is 10.9 Å². The minimum atomic E-state index is -0.197. The second kappa shape index (κ2) is 6.35. The van der Waals surface area contributed by atoms with Gasteiger partial charge in [0.1, 0.15) is 5.75 Å². The largest absolute Gasteiger partial charge is 0.482 e. The molecule has 0 saturated heterocycles. The van der Waals surface area contributed by atoms with Crippen molar-refractivity contribution in [3.63, 3.8) is 0 Å². The van der Waals surface area contributed by atoms with Crippen LogP contribution < -0.4 is 15.6 Å². The predicted octanol–water partition coefficient (Wildman–Crippen LogP) is 3.38. The maximum Gasteiger partial charge on any atom is 0.279 e. The van der Waals surface area contributed by atoms with Crippen LogP contribution in [0.15, 0.2) is 77.6 Å². The van der Waals surface area contributed by atoms with E-state index in [1.807, 2.05) is 60.7 Å². The molecule has 1 aliphatic rings. The molecule has 0 fully saturated rings. The Morgan fingerprint density at radius 1 is 0.893 bits per heavy atom. The van der Waals surface area contributed by atoms with Crippen molar-refractivity contribution in [2.24, 2.45) is 0 Å². The van der Waals surface area contributed by atoms with Gasteiger partial charge in [0.15, 0.2) is 6.61 Å². The van der Waals surface area contributed by atoms with E-state index in [4.69, 9.17) is 4.74 Å². The standard InChI is InChI=1S/C22H15N3O3/c26-20-13-28-19-11-10-14(12-18(19)23-20)21-16-8-4-5-9-17(16)22(27)25(24-21)15-6-2-1-3-7-15/h1-12H,13H2,(H,23,26). The fourth-order valence-corrected chi connectivity index (χ4v) is 3.38. The first-order valence-electron chi connectivity index (χ1n) is 8.85. The molecular weight excluding hydrogens is 354 g/mol. The van der Waals surface area contributed by atoms with Gasteiger partial charge in [0.2, 0.25) is 0 Å². The molecule has 1 aliphatic heterocycles. The Hall–Kier alpha value is -3.93. The van der Waals surface area contributed by atoms with E-state index in [-0.39, 0.29) is 18.1 Å². The molecule has 1 amide bonds. The number of benzene rings is 3. The summed E-state index contributed by atoms with van der Waals surface area (Å²) in [5.74, 6) is 0.417. The average Bonchev–Trinajstić information content (AvgIpc) is 2.74. The molecule has 0 spiro atoms. The maximum absolute atomic E-state index is 13.0. The SMILES string of the molecule is O=C1COc2ccc(-c3nn(-c4ccccc4)c(=O)c4ccccc34)cc2N1. The summed E-state index contributed by atoms with van der Waals surface area (Å²) in [6, 6.07) is 22.2. The van der Waals surface area contributed by atoms with Crippen LogP contribution in [-0.4, -0.2) is 22.3 Å². The number of ether oxygens (including phenoxy) is 1. The van der Waals surface area contributed by atoms with Gasteiger partial charge in [-0.25, -0.2) is 0 Å². The van der Waals surface area contributed by atoms with Crippen LogP contribution in [0.25, 0.3) is 27.7 Å². The Labute approximate surface area is 160 Å². The van der Waals surface area contributed by atoms with Crippen LogP contribution in [0.2, 0.25) is 0 Å². The summed E-state index contributed by atoms with van der Waals surface area (Å²) in [6.45, 7) is 0.00636. The molecule has 136 valence electrons. The predicted molar refractivity (Wildman–Crippen MR) is 107 cm³/mol. The number of nitrogens with one attached hydrogen (secondary N) is 1. The number of aromatic nitrogens is 2. The number of nitrogens with zero attached hydrogens (tertiary/aromatic N) is 2. The fourth-order valence-electron chi connectivity index (χ4n) is 3.38. The molecule has 1 aromatic heterocycles. The van der Waals surface area contributed by atoms with Crippen molar-refractivity contribution in [3.8, 4) is 22.7 Å². The number of amides is 1. The van der Waals surface area contributed by atoms with E-state index in [1.165, 1.54) is 4.68 Å². The van der Waals surface area contributed by atoms with Crippen LogP contribution in [0, 0.1) is 0 Å². The summed E-state index contributed by atoms with van der Waals surface area (Å²) in [6.07, 6.45) is 0. The molecule has 1 N–H and O–H groups in total. The van der Waals surface area contributed by atoms with E-state index >= 15 is 0 Å². The second-order valence-electron chi connectivity index (χ2n) is 6.49. The summed E-state index contributed by atoms with van der Waals surface area (Å²) in [5.41, 5.74) is 2.54. The van der Waals surface area contributed by atoms with Crippen LogP contribution in [-0.2, 0) is 4.79 Å². The number of carbonyl (C=O) groups excluding carboxylic acids is 1. The molecule has 0 unspecified atom stereocenters. The van der Waals surface area contributed by atoms with Gasteiger partial charge < -0.3 is 10.1 Å². The van der Waals surface area contributed by atoms with Crippen molar-refractivity contribution < 1.29 is 9.53 Å². The first-order chi connectivity index (χ1) is 13.7. The first kappa shape index (κ1) is 16.3. The lowest BCUT2D eigenvalue weighted by atomic mass is 10.0. The molecule has 28 heavy (non-hydrogen) atoms. The summed E-state index contributed by atoms with van der Waals surface area (Å²) in [7, 11) is 0. The molecular formula is C22H15N3O3. The maximum atomic E-state index is 13.0. The van der Waals surface area contributed by atoms with Gasteiger partial charge in [-0.05, 0) is 36.4 Å². The topological polar surface area (TPSA) is 73.2 Å². The van der Waals surface area contributed by atoms with Crippen LogP contribution in [0.4, 0.5) is 5.69 Å². The number of para-hydroxylation sites is 1. The van der Waals surface area contributed by atoms with Crippen molar-refractivity contribution in [2.75, 3.05) is 11.9 Å². The Kier molecular flexibility index (Phi) is 3.69. The third kappa shape index (κ3) is 2.63. The average molecular weight is 369 g/mol. The van der Waals surface area contributed by atoms with Crippen molar-refractivity contribution in [3.05, 3.63) is 83.2 Å². The third-order valence-electron chi connectivity index (χ3n) is 4.69. The molecule has 2 heterocycles. The highest BCUT2D eigenvalue weighted by Gasteiger charge is 2.19. The number of hydrogen-bond donors (Lipinski definition) is 1. The van der Waals surface area contributed by atoms with Gasteiger partial charge in [-0.3, -0.25) is 9.59 Å². The highest BCUT2D eigenvalue weighted by atomic mass is 16.5. The molecule has 6 nitrogen and oxygen atoms in total. The van der Waals surface area contributed by atoms with Gasteiger partial charge in [0.05, 0.1) is 22.5 Å². The van der Waals surface area contributed by atoms with Crippen LogP contribution in [0.5, 0.6) is 5.75 Å². The van der Waals surface area contributed by atoms with E-state index < -0.39 is 0 Å². The van der Waals surface area contributed by atoms with Crippen molar-refractivity contribution in [1.82, 2.24) is 9.78 Å². The minimum absolute atomic E-state index is 0.00636. The summed E-state index contributed by atoms with van der Waals surface area (Å²) < 4.78 is 6.85. The van der Waals surface area contributed by atoms with Crippen LogP contribution >= 0.6 is 0 Å². The van der Waals surface area contributed by atoms with Crippen molar-refractivity contribution in [1.29, 1.82) is 0 Å². The number of anilines is 1. The number of fused-ring (bicyclic) bond motifs is 2. The zero-order valence-corrected chi connectivity index (χ0v) is 14.8. The van der Waals surface area contributed by atoms with Gasteiger partial charge in [0.25, 0.3) is 11.5 Å². The van der Waals surface area contributed by atoms with E-state index in [2.05, 4.69) is 10.4 Å². The smallest absolute Gasteiger partial charge is 0.279 e. The zero-order valence-electron chi connectivity index (χ0n) is 14.8. The summed E-state index contributed by atoms with van der Waals surface area (Å²) >= 11 is 0. The number of rotatable bonds is 2. The first-order valence-corrected chi connectivity index (χ1v) is 8.85. The van der Waals surface area contributed by atoms with Crippen LogP contribution in [0.1, 0.15) is 0 Å². The monoisotopic (exact) mass is 369 g/mol. The molecule has 3 aromatic carbocycles. The molecule has 0 atom stereocenters. The molecule has 0 radical (unpaired) electrons. The molecule has 5 rings (SSSR count). The Balaban J connectivity index is 1.78. The van der Waals surface area contributed by atoms with Gasteiger partial charge >= 0.3 is 0 Å². The van der Waals surface area contributed by atoms with Crippen LogP contribution in [0.3, 0.4) is 0 Å². The lowest BCUT2D eigenvalue weighted by molar-refractivity contribution is -0.118. The Bertz CT molecular complexity index is 1280. The highest BCUT2D eigenvalue weighted by Crippen LogP contribution is 2.34. The molecule has 0 bridgehead atoms. The molecule has 0 saturated carbocycles.